The Morgan fingerprint density at radius 1 is 1.35 bits per heavy atom. The molecule has 1 aromatic carbocycles. The zero-order chi connectivity index (χ0) is 12.3. The Balaban J connectivity index is 2.04. The van der Waals surface area contributed by atoms with Gasteiger partial charge in [0.15, 0.2) is 0 Å². The molecule has 0 saturated heterocycles. The Bertz CT molecular complexity index is 515. The van der Waals surface area contributed by atoms with E-state index in [1.54, 1.807) is 11.3 Å². The van der Waals surface area contributed by atoms with Crippen molar-refractivity contribution in [2.24, 2.45) is 5.73 Å². The fraction of sp³-hybridized carbons (Fsp3) is 0.167. The number of hydrogen-bond acceptors (Lipinski definition) is 3. The molecule has 2 N–H and O–H groups in total. The zero-order valence-electron chi connectivity index (χ0n) is 8.95. The minimum Gasteiger partial charge on any atom is -0.487 e. The van der Waals surface area contributed by atoms with Crippen molar-refractivity contribution < 1.29 is 4.74 Å². The Kier molecular flexibility index (Phi) is 4.45. The lowest BCUT2D eigenvalue weighted by Gasteiger charge is -2.07. The normalized spacial score (nSPS) is 10.5. The number of benzene rings is 1. The van der Waals surface area contributed by atoms with E-state index in [0.717, 1.165) is 14.9 Å². The summed E-state index contributed by atoms with van der Waals surface area (Å²) < 4.78 is 6.73. The number of hydrogen-bond donors (Lipinski definition) is 1. The first-order valence-corrected chi connectivity index (χ1v) is 7.08. The van der Waals surface area contributed by atoms with Crippen LogP contribution in [0, 0.1) is 0 Å². The van der Waals surface area contributed by atoms with Gasteiger partial charge in [0, 0.05) is 21.3 Å². The van der Waals surface area contributed by atoms with Crippen LogP contribution in [0.1, 0.15) is 10.4 Å². The first kappa shape index (κ1) is 12.9. The van der Waals surface area contributed by atoms with E-state index < -0.39 is 0 Å². The molecule has 17 heavy (non-hydrogen) atoms. The Morgan fingerprint density at radius 3 is 2.76 bits per heavy atom. The molecule has 0 bridgehead atoms. The van der Waals surface area contributed by atoms with Gasteiger partial charge in [-0.25, -0.2) is 0 Å². The largest absolute Gasteiger partial charge is 0.487 e. The van der Waals surface area contributed by atoms with Gasteiger partial charge in [0.1, 0.15) is 12.4 Å². The lowest BCUT2D eigenvalue weighted by molar-refractivity contribution is 0.310. The summed E-state index contributed by atoms with van der Waals surface area (Å²) in [4.78, 5) is 1.15. The molecular formula is C12H11BrClNOS. The fourth-order valence-electron chi connectivity index (χ4n) is 1.37. The van der Waals surface area contributed by atoms with Crippen molar-refractivity contribution in [2.45, 2.75) is 13.2 Å². The topological polar surface area (TPSA) is 35.2 Å². The van der Waals surface area contributed by atoms with Crippen LogP contribution in [0.15, 0.2) is 34.1 Å². The zero-order valence-corrected chi connectivity index (χ0v) is 12.1. The molecule has 0 amide bonds. The maximum absolute atomic E-state index is 6.09. The first-order valence-electron chi connectivity index (χ1n) is 5.03. The van der Waals surface area contributed by atoms with Gasteiger partial charge < -0.3 is 10.5 Å². The van der Waals surface area contributed by atoms with Crippen molar-refractivity contribution >= 4 is 38.9 Å². The molecule has 0 aliphatic rings. The van der Waals surface area contributed by atoms with Gasteiger partial charge in [-0.2, -0.15) is 0 Å². The number of thiophene rings is 1. The van der Waals surface area contributed by atoms with Gasteiger partial charge in [-0.05, 0) is 39.7 Å². The molecule has 1 heterocycles. The Labute approximate surface area is 117 Å². The third-order valence-corrected chi connectivity index (χ3v) is 4.19. The van der Waals surface area contributed by atoms with Crippen LogP contribution in [-0.4, -0.2) is 0 Å². The highest BCUT2D eigenvalue weighted by Crippen LogP contribution is 2.27. The average molecular weight is 333 g/mol. The molecule has 0 aliphatic heterocycles. The standard InChI is InChI=1S/C12H11BrClNOS/c13-9-4-10(17-7-9)6-16-12-2-1-8(5-15)3-11(12)14/h1-4,7H,5-6,15H2. The van der Waals surface area contributed by atoms with Crippen LogP contribution >= 0.6 is 38.9 Å². The summed E-state index contributed by atoms with van der Waals surface area (Å²) in [6.07, 6.45) is 0. The van der Waals surface area contributed by atoms with Gasteiger partial charge in [-0.3, -0.25) is 0 Å². The van der Waals surface area contributed by atoms with Crippen molar-refractivity contribution in [1.82, 2.24) is 0 Å². The average Bonchev–Trinajstić information content (AvgIpc) is 2.73. The lowest BCUT2D eigenvalue weighted by atomic mass is 10.2. The number of rotatable bonds is 4. The predicted molar refractivity (Wildman–Crippen MR) is 75.7 cm³/mol. The van der Waals surface area contributed by atoms with E-state index in [1.165, 1.54) is 0 Å². The second-order valence-corrected chi connectivity index (χ2v) is 5.81. The van der Waals surface area contributed by atoms with Crippen molar-refractivity contribution in [2.75, 3.05) is 0 Å². The van der Waals surface area contributed by atoms with Crippen LogP contribution in [0.25, 0.3) is 0 Å². The second-order valence-electron chi connectivity index (χ2n) is 3.49. The molecular weight excluding hydrogens is 322 g/mol. The molecule has 0 unspecified atom stereocenters. The highest BCUT2D eigenvalue weighted by molar-refractivity contribution is 9.10. The van der Waals surface area contributed by atoms with E-state index in [-0.39, 0.29) is 0 Å². The van der Waals surface area contributed by atoms with Crippen LogP contribution in [0.5, 0.6) is 5.75 Å². The molecule has 0 saturated carbocycles. The van der Waals surface area contributed by atoms with E-state index in [1.807, 2.05) is 29.6 Å². The quantitative estimate of drug-likeness (QED) is 0.910. The molecule has 0 spiro atoms. The summed E-state index contributed by atoms with van der Waals surface area (Å²) in [6.45, 7) is 1.01. The fourth-order valence-corrected chi connectivity index (χ4v) is 2.99. The predicted octanol–water partition coefficient (Wildman–Crippen LogP) is 4.20. The van der Waals surface area contributed by atoms with Crippen molar-refractivity contribution in [3.05, 3.63) is 49.6 Å². The van der Waals surface area contributed by atoms with E-state index in [9.17, 15) is 0 Å². The van der Waals surface area contributed by atoms with E-state index in [2.05, 4.69) is 15.9 Å². The van der Waals surface area contributed by atoms with Crippen molar-refractivity contribution in [3.8, 4) is 5.75 Å². The van der Waals surface area contributed by atoms with Gasteiger partial charge in [0.05, 0.1) is 5.02 Å². The van der Waals surface area contributed by atoms with Crippen LogP contribution in [0.4, 0.5) is 0 Å². The maximum atomic E-state index is 6.09. The van der Waals surface area contributed by atoms with Gasteiger partial charge in [0.2, 0.25) is 0 Å². The molecule has 2 nitrogen and oxygen atoms in total. The number of nitrogens with two attached hydrogens (primary N) is 1. The summed E-state index contributed by atoms with van der Waals surface area (Å²) in [5.41, 5.74) is 6.53. The van der Waals surface area contributed by atoms with Crippen LogP contribution in [0.2, 0.25) is 5.02 Å². The molecule has 1 aromatic heterocycles. The van der Waals surface area contributed by atoms with E-state index >= 15 is 0 Å². The molecule has 0 fully saturated rings. The maximum Gasteiger partial charge on any atom is 0.138 e. The van der Waals surface area contributed by atoms with Crippen LogP contribution < -0.4 is 10.5 Å². The third-order valence-electron chi connectivity index (χ3n) is 2.22. The molecule has 2 rings (SSSR count). The Morgan fingerprint density at radius 2 is 2.18 bits per heavy atom. The Hall–Kier alpha value is -0.550. The highest BCUT2D eigenvalue weighted by Gasteiger charge is 2.04. The summed E-state index contributed by atoms with van der Waals surface area (Å²) in [6, 6.07) is 7.65. The van der Waals surface area contributed by atoms with Gasteiger partial charge in [-0.1, -0.05) is 17.7 Å². The van der Waals surface area contributed by atoms with Gasteiger partial charge in [-0.15, -0.1) is 11.3 Å². The molecule has 90 valence electrons. The SMILES string of the molecule is NCc1ccc(OCc2cc(Br)cs2)c(Cl)c1. The summed E-state index contributed by atoms with van der Waals surface area (Å²) in [5.74, 6) is 0.688. The summed E-state index contributed by atoms with van der Waals surface area (Å²) >= 11 is 11.1. The molecule has 0 aliphatic carbocycles. The van der Waals surface area contributed by atoms with E-state index in [4.69, 9.17) is 22.1 Å². The summed E-state index contributed by atoms with van der Waals surface area (Å²) in [7, 11) is 0. The number of ether oxygens (including phenoxy) is 1. The third kappa shape index (κ3) is 3.45. The number of halogens is 2. The molecule has 0 atom stereocenters. The minimum atomic E-state index is 0.484. The van der Waals surface area contributed by atoms with Gasteiger partial charge in [0.25, 0.3) is 0 Å². The molecule has 0 radical (unpaired) electrons. The molecule has 5 heteroatoms. The monoisotopic (exact) mass is 331 g/mol. The first-order chi connectivity index (χ1) is 8.19. The van der Waals surface area contributed by atoms with Gasteiger partial charge >= 0.3 is 0 Å². The van der Waals surface area contributed by atoms with Crippen LogP contribution in [0.3, 0.4) is 0 Å². The smallest absolute Gasteiger partial charge is 0.138 e. The van der Waals surface area contributed by atoms with Crippen molar-refractivity contribution in [3.63, 3.8) is 0 Å². The highest BCUT2D eigenvalue weighted by atomic mass is 79.9. The molecule has 2 aromatic rings. The van der Waals surface area contributed by atoms with Crippen molar-refractivity contribution in [1.29, 1.82) is 0 Å². The van der Waals surface area contributed by atoms with E-state index in [0.29, 0.717) is 23.9 Å². The summed E-state index contributed by atoms with van der Waals surface area (Å²) in [5, 5.41) is 2.63. The second kappa shape index (κ2) is 5.87. The minimum absolute atomic E-state index is 0.484. The van der Waals surface area contributed by atoms with Crippen LogP contribution in [-0.2, 0) is 13.2 Å². The lowest BCUT2D eigenvalue weighted by Crippen LogP contribution is -1.98.